The van der Waals surface area contributed by atoms with Crippen LogP contribution in [0.25, 0.3) is 66.3 Å². The van der Waals surface area contributed by atoms with Crippen LogP contribution in [0, 0.1) is 30.9 Å². The summed E-state index contributed by atoms with van der Waals surface area (Å²) in [6.45, 7) is -0.682. The molecule has 4 aromatic carbocycles. The van der Waals surface area contributed by atoms with Gasteiger partial charge in [0.15, 0.2) is 6.20 Å². The first-order chi connectivity index (χ1) is 19.6. The second kappa shape index (κ2) is 8.03. The molecule has 0 atom stereocenters. The molecule has 0 saturated heterocycles. The van der Waals surface area contributed by atoms with Gasteiger partial charge in [0.25, 0.3) is 0 Å². The van der Waals surface area contributed by atoms with Gasteiger partial charge < -0.3 is 8.83 Å². The monoisotopic (exact) mass is 500 g/mol. The number of aryl methyl sites for hydroxylation is 3. The Bertz CT molecular complexity index is 2250. The van der Waals surface area contributed by atoms with Crippen molar-refractivity contribution in [3.8, 4) is 28.5 Å². The molecule has 0 aliphatic carbocycles. The SMILES string of the molecule is [2H]C([2H])([2H])c1c[n+](C)c(-c2c(C)ccc3c2oc2c(-c4ccc5c(c4)oc4ccccc45)cc(C#N)cc23)cc1F. The normalized spacial score (nSPS) is 13.2. The average Bonchev–Trinajstić information content (AvgIpc) is 3.50. The smallest absolute Gasteiger partial charge is 0.219 e. The molecule has 0 fully saturated rings. The first-order valence-corrected chi connectivity index (χ1v) is 12.2. The lowest BCUT2D eigenvalue weighted by Crippen LogP contribution is -2.31. The third-order valence-corrected chi connectivity index (χ3v) is 7.25. The molecule has 4 nitrogen and oxygen atoms in total. The van der Waals surface area contributed by atoms with E-state index in [2.05, 4.69) is 6.07 Å². The van der Waals surface area contributed by atoms with Crippen LogP contribution in [-0.2, 0) is 7.05 Å². The Kier molecular flexibility index (Phi) is 4.05. The fourth-order valence-electron chi connectivity index (χ4n) is 5.40. The van der Waals surface area contributed by atoms with E-state index in [4.69, 9.17) is 12.9 Å². The maximum absolute atomic E-state index is 15.1. The number of nitrogens with zero attached hydrogens (tertiary/aromatic N) is 2. The van der Waals surface area contributed by atoms with Crippen LogP contribution in [0.15, 0.2) is 87.8 Å². The van der Waals surface area contributed by atoms with E-state index < -0.39 is 12.7 Å². The van der Waals surface area contributed by atoms with Gasteiger partial charge in [-0.2, -0.15) is 5.26 Å². The highest BCUT2D eigenvalue weighted by molar-refractivity contribution is 6.14. The Hall–Kier alpha value is -4.95. The van der Waals surface area contributed by atoms with Gasteiger partial charge in [-0.05, 0) is 55.2 Å². The Labute approximate surface area is 222 Å². The molecule has 182 valence electrons. The van der Waals surface area contributed by atoms with Crippen molar-refractivity contribution in [3.05, 3.63) is 102 Å². The lowest BCUT2D eigenvalue weighted by Gasteiger charge is -2.06. The number of halogens is 1. The summed E-state index contributed by atoms with van der Waals surface area (Å²) in [6.07, 6.45) is 1.31. The number of benzene rings is 4. The van der Waals surface area contributed by atoms with Crippen LogP contribution in [0.2, 0.25) is 0 Å². The maximum Gasteiger partial charge on any atom is 0.219 e. The molecule has 0 aliphatic heterocycles. The Morgan fingerprint density at radius 2 is 1.66 bits per heavy atom. The van der Waals surface area contributed by atoms with E-state index in [1.54, 1.807) is 23.7 Å². The number of hydrogen-bond donors (Lipinski definition) is 0. The highest BCUT2D eigenvalue weighted by Crippen LogP contribution is 2.42. The first kappa shape index (κ1) is 19.2. The number of nitriles is 1. The van der Waals surface area contributed by atoms with Crippen LogP contribution in [0.1, 0.15) is 20.8 Å². The van der Waals surface area contributed by atoms with Gasteiger partial charge >= 0.3 is 0 Å². The van der Waals surface area contributed by atoms with Crippen molar-refractivity contribution in [2.45, 2.75) is 13.8 Å². The van der Waals surface area contributed by atoms with Gasteiger partial charge in [0.2, 0.25) is 5.69 Å². The Balaban J connectivity index is 1.51. The molecule has 7 rings (SSSR count). The summed E-state index contributed by atoms with van der Waals surface area (Å²) < 4.78 is 52.5. The van der Waals surface area contributed by atoms with Crippen LogP contribution >= 0.6 is 0 Å². The van der Waals surface area contributed by atoms with E-state index >= 15 is 4.39 Å². The molecule has 0 radical (unpaired) electrons. The standard InChI is InChI=1S/C33H22FN2O2/c1-18-8-10-24-26-13-20(16-35)12-25(21-9-11-23-22-6-4-5-7-29(22)37-30(23)14-21)32(26)38-33(24)31(18)28-15-27(34)19(2)17-36(28)3/h4-15,17H,1-3H3/q+1/i2D3. The summed E-state index contributed by atoms with van der Waals surface area (Å²) in [5.41, 5.74) is 6.27. The molecule has 0 unspecified atom stereocenters. The summed E-state index contributed by atoms with van der Waals surface area (Å²) in [7, 11) is 1.69. The summed E-state index contributed by atoms with van der Waals surface area (Å²) in [5.74, 6) is -0.808. The van der Waals surface area contributed by atoms with Crippen LogP contribution < -0.4 is 4.57 Å². The molecular weight excluding hydrogens is 475 g/mol. The minimum absolute atomic E-state index is 0.347. The second-order valence-corrected chi connectivity index (χ2v) is 9.59. The molecule has 3 aromatic heterocycles. The van der Waals surface area contributed by atoms with Crippen LogP contribution in [0.5, 0.6) is 0 Å². The number of furan rings is 2. The predicted octanol–water partition coefficient (Wildman–Crippen LogP) is 8.27. The molecule has 0 N–H and O–H groups in total. The van der Waals surface area contributed by atoms with Gasteiger partial charge in [0.1, 0.15) is 35.2 Å². The molecule has 0 saturated carbocycles. The van der Waals surface area contributed by atoms with E-state index in [9.17, 15) is 5.26 Å². The number of rotatable bonds is 2. The van der Waals surface area contributed by atoms with E-state index in [1.165, 1.54) is 12.3 Å². The van der Waals surface area contributed by atoms with Crippen LogP contribution in [0.3, 0.4) is 0 Å². The van der Waals surface area contributed by atoms with E-state index in [1.807, 2.05) is 61.5 Å². The zero-order valence-corrected chi connectivity index (χ0v) is 20.6. The van der Waals surface area contributed by atoms with Crippen LogP contribution in [0.4, 0.5) is 4.39 Å². The number of fused-ring (bicyclic) bond motifs is 6. The summed E-state index contributed by atoms with van der Waals surface area (Å²) in [5, 5.41) is 13.4. The highest BCUT2D eigenvalue weighted by atomic mass is 19.1. The fourth-order valence-corrected chi connectivity index (χ4v) is 5.40. The van der Waals surface area contributed by atoms with Crippen molar-refractivity contribution in [1.82, 2.24) is 0 Å². The third-order valence-electron chi connectivity index (χ3n) is 7.25. The number of hydrogen-bond acceptors (Lipinski definition) is 3. The van der Waals surface area contributed by atoms with Gasteiger partial charge in [-0.15, -0.1) is 0 Å². The average molecular weight is 501 g/mol. The maximum atomic E-state index is 15.1. The second-order valence-electron chi connectivity index (χ2n) is 9.59. The number of aromatic nitrogens is 1. The van der Waals surface area contributed by atoms with Crippen molar-refractivity contribution in [1.29, 1.82) is 5.26 Å². The molecule has 0 spiro atoms. The quantitative estimate of drug-likeness (QED) is 0.225. The Morgan fingerprint density at radius 3 is 2.50 bits per heavy atom. The number of para-hydroxylation sites is 1. The van der Waals surface area contributed by atoms with Gasteiger partial charge in [-0.1, -0.05) is 36.4 Å². The summed E-state index contributed by atoms with van der Waals surface area (Å²) in [6, 6.07) is 24.8. The zero-order valence-electron chi connectivity index (χ0n) is 23.6. The number of pyridine rings is 1. The third kappa shape index (κ3) is 3.17. The molecule has 0 bridgehead atoms. The van der Waals surface area contributed by atoms with E-state index in [0.717, 1.165) is 49.4 Å². The molecule has 5 heteroatoms. The van der Waals surface area contributed by atoms with Crippen LogP contribution in [-0.4, -0.2) is 0 Å². The first-order valence-electron chi connectivity index (χ1n) is 13.7. The van der Waals surface area contributed by atoms with Crippen molar-refractivity contribution in [2.75, 3.05) is 0 Å². The van der Waals surface area contributed by atoms with Gasteiger partial charge in [-0.25, -0.2) is 8.96 Å². The minimum Gasteiger partial charge on any atom is -0.456 e. The zero-order chi connectivity index (χ0) is 28.6. The van der Waals surface area contributed by atoms with Gasteiger partial charge in [-0.3, -0.25) is 0 Å². The largest absolute Gasteiger partial charge is 0.456 e. The Morgan fingerprint density at radius 1 is 0.842 bits per heavy atom. The minimum atomic E-state index is -2.58. The fraction of sp³-hybridized carbons (Fsp3) is 0.0909. The molecule has 3 heterocycles. The summed E-state index contributed by atoms with van der Waals surface area (Å²) in [4.78, 5) is 0. The topological polar surface area (TPSA) is 54.0 Å². The van der Waals surface area contributed by atoms with Crippen molar-refractivity contribution in [2.24, 2.45) is 7.05 Å². The summed E-state index contributed by atoms with van der Waals surface area (Å²) >= 11 is 0. The van der Waals surface area contributed by atoms with Crippen molar-refractivity contribution >= 4 is 43.9 Å². The molecule has 38 heavy (non-hydrogen) atoms. The molecule has 7 aromatic rings. The van der Waals surface area contributed by atoms with Gasteiger partial charge in [0.05, 0.1) is 17.2 Å². The van der Waals surface area contributed by atoms with Crippen molar-refractivity contribution < 1.29 is 21.9 Å². The lowest BCUT2D eigenvalue weighted by molar-refractivity contribution is -0.661. The lowest BCUT2D eigenvalue weighted by atomic mass is 9.97. The molecule has 0 aliphatic rings. The molecule has 0 amide bonds. The van der Waals surface area contributed by atoms with Gasteiger partial charge in [0, 0.05) is 42.9 Å². The van der Waals surface area contributed by atoms with E-state index in [-0.39, 0.29) is 5.56 Å². The highest BCUT2D eigenvalue weighted by Gasteiger charge is 2.24. The van der Waals surface area contributed by atoms with E-state index in [0.29, 0.717) is 28.0 Å². The molecular formula is C33H22FN2O2+. The predicted molar refractivity (Wildman–Crippen MR) is 147 cm³/mol. The van der Waals surface area contributed by atoms with Crippen molar-refractivity contribution in [3.63, 3.8) is 0 Å².